The highest BCUT2D eigenvalue weighted by molar-refractivity contribution is 6.37. The molecule has 0 unspecified atom stereocenters. The van der Waals surface area contributed by atoms with Crippen molar-refractivity contribution in [2.75, 3.05) is 5.32 Å². The van der Waals surface area contributed by atoms with Gasteiger partial charge in [-0.25, -0.2) is 0 Å². The van der Waals surface area contributed by atoms with E-state index in [1.165, 1.54) is 24.3 Å². The standard InChI is InChI=1S/C17H10Cl2N2O3/c18-12-4-5-14(15(19)8-12)16(22)21-13-3-1-2-10(7-13)6-11(9-20)17(23)24/h1-8H,(H,21,22)(H,23,24)/p-1/b11-6+. The summed E-state index contributed by atoms with van der Waals surface area (Å²) in [5, 5.41) is 22.7. The third-order valence-electron chi connectivity index (χ3n) is 2.97. The fraction of sp³-hybridized carbons (Fsp3) is 0. The molecule has 0 fully saturated rings. The molecular formula is C17H9Cl2N2O3-. The van der Waals surface area contributed by atoms with E-state index in [-0.39, 0.29) is 10.6 Å². The van der Waals surface area contributed by atoms with Crippen LogP contribution in [0.3, 0.4) is 0 Å². The van der Waals surface area contributed by atoms with Crippen LogP contribution in [0.5, 0.6) is 0 Å². The molecule has 0 aliphatic rings. The fourth-order valence-corrected chi connectivity index (χ4v) is 2.38. The zero-order valence-corrected chi connectivity index (χ0v) is 13.6. The van der Waals surface area contributed by atoms with Crippen molar-refractivity contribution in [2.45, 2.75) is 0 Å². The number of carbonyl (C=O) groups excluding carboxylic acids is 2. The zero-order chi connectivity index (χ0) is 17.7. The van der Waals surface area contributed by atoms with Gasteiger partial charge < -0.3 is 15.2 Å². The average molecular weight is 360 g/mol. The van der Waals surface area contributed by atoms with Crippen LogP contribution in [0.1, 0.15) is 15.9 Å². The summed E-state index contributed by atoms with van der Waals surface area (Å²) in [6, 6.07) is 12.3. The van der Waals surface area contributed by atoms with Gasteiger partial charge in [0.25, 0.3) is 5.91 Å². The van der Waals surface area contributed by atoms with Crippen LogP contribution in [0.4, 0.5) is 5.69 Å². The summed E-state index contributed by atoms with van der Waals surface area (Å²) in [6.07, 6.45) is 1.15. The lowest BCUT2D eigenvalue weighted by atomic mass is 10.1. The van der Waals surface area contributed by atoms with Gasteiger partial charge in [0, 0.05) is 10.7 Å². The molecule has 0 heterocycles. The molecule has 2 aromatic carbocycles. The Morgan fingerprint density at radius 1 is 1.17 bits per heavy atom. The maximum absolute atomic E-state index is 12.2. The zero-order valence-electron chi connectivity index (χ0n) is 12.0. The number of carboxylic acids is 1. The highest BCUT2D eigenvalue weighted by atomic mass is 35.5. The van der Waals surface area contributed by atoms with Crippen LogP contribution in [0.25, 0.3) is 6.08 Å². The van der Waals surface area contributed by atoms with E-state index in [2.05, 4.69) is 5.32 Å². The number of benzene rings is 2. The monoisotopic (exact) mass is 359 g/mol. The van der Waals surface area contributed by atoms with Crippen molar-refractivity contribution in [2.24, 2.45) is 0 Å². The topological polar surface area (TPSA) is 93.0 Å². The maximum Gasteiger partial charge on any atom is 0.257 e. The molecule has 0 radical (unpaired) electrons. The second kappa shape index (κ2) is 7.64. The fourth-order valence-electron chi connectivity index (χ4n) is 1.88. The molecule has 0 saturated carbocycles. The van der Waals surface area contributed by atoms with Gasteiger partial charge in [0.15, 0.2) is 0 Å². The highest BCUT2D eigenvalue weighted by Crippen LogP contribution is 2.22. The van der Waals surface area contributed by atoms with Crippen LogP contribution >= 0.6 is 23.2 Å². The molecule has 5 nitrogen and oxygen atoms in total. The Labute approximate surface area is 147 Å². The molecule has 0 atom stereocenters. The normalized spacial score (nSPS) is 10.8. The number of amides is 1. The SMILES string of the molecule is N#C/C(=C\c1cccc(NC(=O)c2ccc(Cl)cc2Cl)c1)C(=O)[O-]. The van der Waals surface area contributed by atoms with Crippen LogP contribution in [0.2, 0.25) is 10.0 Å². The third-order valence-corrected chi connectivity index (χ3v) is 3.52. The quantitative estimate of drug-likeness (QED) is 0.670. The molecule has 0 aliphatic heterocycles. The third kappa shape index (κ3) is 4.35. The first kappa shape index (κ1) is 17.5. The van der Waals surface area contributed by atoms with E-state index in [1.807, 2.05) is 0 Å². The van der Waals surface area contributed by atoms with E-state index in [0.29, 0.717) is 16.3 Å². The van der Waals surface area contributed by atoms with Crippen molar-refractivity contribution >= 4 is 46.8 Å². The molecule has 1 amide bonds. The molecule has 0 aromatic heterocycles. The van der Waals surface area contributed by atoms with Gasteiger partial charge in [0.2, 0.25) is 0 Å². The second-order valence-corrected chi connectivity index (χ2v) is 5.50. The second-order valence-electron chi connectivity index (χ2n) is 4.66. The molecular weight excluding hydrogens is 351 g/mol. The number of nitrogens with zero attached hydrogens (tertiary/aromatic N) is 1. The number of nitrogens with one attached hydrogen (secondary N) is 1. The first-order chi connectivity index (χ1) is 11.4. The van der Waals surface area contributed by atoms with Gasteiger partial charge in [-0.05, 0) is 42.0 Å². The Morgan fingerprint density at radius 2 is 1.92 bits per heavy atom. The molecule has 120 valence electrons. The number of carboxylic acid groups (broad SMARTS) is 1. The summed E-state index contributed by atoms with van der Waals surface area (Å²) in [7, 11) is 0. The van der Waals surface area contributed by atoms with Gasteiger partial charge >= 0.3 is 0 Å². The van der Waals surface area contributed by atoms with Crippen molar-refractivity contribution in [3.8, 4) is 6.07 Å². The van der Waals surface area contributed by atoms with Gasteiger partial charge in [-0.1, -0.05) is 35.3 Å². The van der Waals surface area contributed by atoms with E-state index in [9.17, 15) is 14.7 Å². The summed E-state index contributed by atoms with van der Waals surface area (Å²) in [5.74, 6) is -2.02. The van der Waals surface area contributed by atoms with Gasteiger partial charge in [0.05, 0.1) is 22.1 Å². The van der Waals surface area contributed by atoms with E-state index in [0.717, 1.165) is 6.08 Å². The first-order valence-corrected chi connectivity index (χ1v) is 7.36. The molecule has 0 aliphatic carbocycles. The smallest absolute Gasteiger partial charge is 0.257 e. The predicted octanol–water partition coefficient (Wildman–Crippen LogP) is 2.90. The Hall–Kier alpha value is -2.81. The van der Waals surface area contributed by atoms with Crippen molar-refractivity contribution in [3.05, 3.63) is 69.2 Å². The van der Waals surface area contributed by atoms with E-state index in [4.69, 9.17) is 28.5 Å². The Morgan fingerprint density at radius 3 is 2.54 bits per heavy atom. The largest absolute Gasteiger partial charge is 0.544 e. The van der Waals surface area contributed by atoms with Gasteiger partial charge in [-0.15, -0.1) is 0 Å². The molecule has 0 saturated heterocycles. The van der Waals surface area contributed by atoms with Gasteiger partial charge in [-0.3, -0.25) is 4.79 Å². The van der Waals surface area contributed by atoms with Crippen LogP contribution in [0.15, 0.2) is 48.0 Å². The Kier molecular flexibility index (Phi) is 5.59. The molecule has 24 heavy (non-hydrogen) atoms. The average Bonchev–Trinajstić information content (AvgIpc) is 2.52. The number of aliphatic carboxylic acids is 1. The number of anilines is 1. The summed E-state index contributed by atoms with van der Waals surface area (Å²) in [6.45, 7) is 0. The Bertz CT molecular complexity index is 886. The molecule has 2 aromatic rings. The van der Waals surface area contributed by atoms with Crippen molar-refractivity contribution in [1.29, 1.82) is 5.26 Å². The van der Waals surface area contributed by atoms with Gasteiger partial charge in [-0.2, -0.15) is 5.26 Å². The molecule has 7 heteroatoms. The molecule has 0 spiro atoms. The lowest BCUT2D eigenvalue weighted by molar-refractivity contribution is -0.298. The molecule has 0 bridgehead atoms. The number of rotatable bonds is 4. The van der Waals surface area contributed by atoms with Crippen LogP contribution < -0.4 is 10.4 Å². The number of carbonyl (C=O) groups is 2. The highest BCUT2D eigenvalue weighted by Gasteiger charge is 2.11. The lowest BCUT2D eigenvalue weighted by Gasteiger charge is -2.08. The number of hydrogen-bond donors (Lipinski definition) is 1. The molecule has 2 rings (SSSR count). The minimum absolute atomic E-state index is 0.208. The van der Waals surface area contributed by atoms with E-state index >= 15 is 0 Å². The summed E-state index contributed by atoms with van der Waals surface area (Å²) < 4.78 is 0. The van der Waals surface area contributed by atoms with Crippen LogP contribution in [-0.4, -0.2) is 11.9 Å². The van der Waals surface area contributed by atoms with E-state index in [1.54, 1.807) is 24.3 Å². The minimum Gasteiger partial charge on any atom is -0.544 e. The van der Waals surface area contributed by atoms with Crippen molar-refractivity contribution in [3.63, 3.8) is 0 Å². The number of hydrogen-bond acceptors (Lipinski definition) is 4. The molecule has 1 N–H and O–H groups in total. The van der Waals surface area contributed by atoms with Gasteiger partial charge in [0.1, 0.15) is 6.07 Å². The van der Waals surface area contributed by atoms with Crippen LogP contribution in [-0.2, 0) is 4.79 Å². The summed E-state index contributed by atoms with van der Waals surface area (Å²) in [5.41, 5.74) is 0.569. The maximum atomic E-state index is 12.2. The summed E-state index contributed by atoms with van der Waals surface area (Å²) in [4.78, 5) is 23.0. The van der Waals surface area contributed by atoms with Crippen molar-refractivity contribution in [1.82, 2.24) is 0 Å². The minimum atomic E-state index is -1.57. The summed E-state index contributed by atoms with van der Waals surface area (Å²) >= 11 is 11.8. The lowest BCUT2D eigenvalue weighted by Crippen LogP contribution is -2.23. The first-order valence-electron chi connectivity index (χ1n) is 6.60. The predicted molar refractivity (Wildman–Crippen MR) is 89.5 cm³/mol. The van der Waals surface area contributed by atoms with Crippen LogP contribution in [0, 0.1) is 11.3 Å². The number of nitriles is 1. The Balaban J connectivity index is 2.25. The van der Waals surface area contributed by atoms with E-state index < -0.39 is 17.4 Å². The number of halogens is 2. The van der Waals surface area contributed by atoms with Crippen molar-refractivity contribution < 1.29 is 14.7 Å².